The molecule has 16 heavy (non-hydrogen) atoms. The lowest BCUT2D eigenvalue weighted by Gasteiger charge is -2.03. The molecule has 0 aliphatic heterocycles. The van der Waals surface area contributed by atoms with Gasteiger partial charge in [-0.1, -0.05) is 31.5 Å². The number of benzene rings is 1. The molecular weight excluding hydrogens is 200 g/mol. The van der Waals surface area contributed by atoms with E-state index >= 15 is 0 Å². The lowest BCUT2D eigenvalue weighted by atomic mass is 10.0. The van der Waals surface area contributed by atoms with Crippen molar-refractivity contribution in [3.63, 3.8) is 0 Å². The van der Waals surface area contributed by atoms with Gasteiger partial charge in [-0.3, -0.25) is 4.79 Å². The minimum absolute atomic E-state index is 0.218. The molecule has 0 aliphatic carbocycles. The van der Waals surface area contributed by atoms with Gasteiger partial charge in [0.25, 0.3) is 0 Å². The van der Waals surface area contributed by atoms with Gasteiger partial charge in [-0.25, -0.2) is 0 Å². The van der Waals surface area contributed by atoms with Crippen LogP contribution in [0.3, 0.4) is 0 Å². The van der Waals surface area contributed by atoms with Crippen LogP contribution in [-0.4, -0.2) is 19.5 Å². The molecule has 2 nitrogen and oxygen atoms in total. The van der Waals surface area contributed by atoms with Gasteiger partial charge in [-0.05, 0) is 24.5 Å². The Kier molecular flexibility index (Phi) is 5.79. The molecule has 0 amide bonds. The van der Waals surface area contributed by atoms with E-state index < -0.39 is 0 Å². The first-order chi connectivity index (χ1) is 7.77. The summed E-state index contributed by atoms with van der Waals surface area (Å²) in [6.45, 7) is 2.80. The Morgan fingerprint density at radius 3 is 2.88 bits per heavy atom. The second kappa shape index (κ2) is 7.18. The second-order valence-corrected chi connectivity index (χ2v) is 3.97. The van der Waals surface area contributed by atoms with Crippen LogP contribution < -0.4 is 0 Å². The van der Waals surface area contributed by atoms with E-state index in [4.69, 9.17) is 4.74 Å². The van der Waals surface area contributed by atoms with Crippen LogP contribution in [0, 0.1) is 0 Å². The number of ketones is 1. The fourth-order valence-electron chi connectivity index (χ4n) is 1.71. The van der Waals surface area contributed by atoms with Crippen LogP contribution in [0.25, 0.3) is 0 Å². The van der Waals surface area contributed by atoms with Crippen molar-refractivity contribution < 1.29 is 9.53 Å². The summed E-state index contributed by atoms with van der Waals surface area (Å²) in [5, 5.41) is 0. The Bertz CT molecular complexity index is 331. The average Bonchev–Trinajstić information content (AvgIpc) is 2.30. The standard InChI is InChI=1S/C14H20O2/c1-3-6-12-7-4-8-13(11-12)14(15)9-5-10-16-2/h4,7-8,11H,3,5-6,9-10H2,1-2H3. The first-order valence-electron chi connectivity index (χ1n) is 5.89. The molecule has 1 aromatic carbocycles. The molecule has 1 aromatic rings. The van der Waals surface area contributed by atoms with Gasteiger partial charge in [0.15, 0.2) is 5.78 Å². The van der Waals surface area contributed by atoms with E-state index in [0.29, 0.717) is 13.0 Å². The highest BCUT2D eigenvalue weighted by Crippen LogP contribution is 2.10. The minimum atomic E-state index is 0.218. The SMILES string of the molecule is CCCc1cccc(C(=O)CCCOC)c1. The minimum Gasteiger partial charge on any atom is -0.385 e. The fourth-order valence-corrected chi connectivity index (χ4v) is 1.71. The summed E-state index contributed by atoms with van der Waals surface area (Å²) in [6, 6.07) is 7.96. The highest BCUT2D eigenvalue weighted by Gasteiger charge is 2.05. The summed E-state index contributed by atoms with van der Waals surface area (Å²) >= 11 is 0. The molecule has 0 heterocycles. The number of rotatable bonds is 7. The van der Waals surface area contributed by atoms with Gasteiger partial charge in [0.05, 0.1) is 0 Å². The van der Waals surface area contributed by atoms with Crippen LogP contribution in [0.2, 0.25) is 0 Å². The van der Waals surface area contributed by atoms with Crippen LogP contribution in [0.15, 0.2) is 24.3 Å². The molecule has 1 rings (SSSR count). The predicted octanol–water partition coefficient (Wildman–Crippen LogP) is 3.25. The number of methoxy groups -OCH3 is 1. The third-order valence-electron chi connectivity index (χ3n) is 2.54. The highest BCUT2D eigenvalue weighted by molar-refractivity contribution is 5.96. The first kappa shape index (κ1) is 12.9. The summed E-state index contributed by atoms with van der Waals surface area (Å²) in [7, 11) is 1.66. The van der Waals surface area contributed by atoms with Gasteiger partial charge in [0.1, 0.15) is 0 Å². The molecule has 2 heteroatoms. The Balaban J connectivity index is 2.57. The van der Waals surface area contributed by atoms with Crippen LogP contribution in [0.4, 0.5) is 0 Å². The van der Waals surface area contributed by atoms with Crippen molar-refractivity contribution in [2.24, 2.45) is 0 Å². The van der Waals surface area contributed by atoms with Crippen LogP contribution in [0.1, 0.15) is 42.1 Å². The van der Waals surface area contributed by atoms with Crippen LogP contribution in [0.5, 0.6) is 0 Å². The number of Topliss-reactive ketones (excluding diaryl/α,β-unsaturated/α-hetero) is 1. The third kappa shape index (κ3) is 4.15. The van der Waals surface area contributed by atoms with E-state index in [0.717, 1.165) is 24.8 Å². The molecule has 0 unspecified atom stereocenters. The quantitative estimate of drug-likeness (QED) is 0.521. The second-order valence-electron chi connectivity index (χ2n) is 3.97. The predicted molar refractivity (Wildman–Crippen MR) is 65.9 cm³/mol. The van der Waals surface area contributed by atoms with E-state index in [1.807, 2.05) is 18.2 Å². The fraction of sp³-hybridized carbons (Fsp3) is 0.500. The molecule has 0 spiro atoms. The first-order valence-corrected chi connectivity index (χ1v) is 5.89. The van der Waals surface area contributed by atoms with Gasteiger partial charge in [0.2, 0.25) is 0 Å². The third-order valence-corrected chi connectivity index (χ3v) is 2.54. The summed E-state index contributed by atoms with van der Waals surface area (Å²) in [5.74, 6) is 0.218. The molecule has 0 aliphatic rings. The molecule has 0 aromatic heterocycles. The van der Waals surface area contributed by atoms with Crippen molar-refractivity contribution in [3.05, 3.63) is 35.4 Å². The maximum Gasteiger partial charge on any atom is 0.162 e. The Morgan fingerprint density at radius 1 is 1.38 bits per heavy atom. The van der Waals surface area contributed by atoms with Crippen LogP contribution >= 0.6 is 0 Å². The van der Waals surface area contributed by atoms with Crippen molar-refractivity contribution in [1.29, 1.82) is 0 Å². The molecule has 0 N–H and O–H groups in total. The maximum absolute atomic E-state index is 11.8. The molecule has 0 radical (unpaired) electrons. The zero-order valence-electron chi connectivity index (χ0n) is 10.2. The zero-order valence-corrected chi connectivity index (χ0v) is 10.2. The Morgan fingerprint density at radius 2 is 2.19 bits per heavy atom. The van der Waals surface area contributed by atoms with E-state index in [-0.39, 0.29) is 5.78 Å². The lowest BCUT2D eigenvalue weighted by molar-refractivity contribution is 0.0963. The van der Waals surface area contributed by atoms with E-state index in [1.54, 1.807) is 7.11 Å². The molecule has 0 bridgehead atoms. The van der Waals surface area contributed by atoms with Gasteiger partial charge in [0, 0.05) is 25.7 Å². The van der Waals surface area contributed by atoms with Crippen LogP contribution in [-0.2, 0) is 11.2 Å². The number of carbonyl (C=O) groups is 1. The topological polar surface area (TPSA) is 26.3 Å². The number of ether oxygens (including phenoxy) is 1. The number of hydrogen-bond acceptors (Lipinski definition) is 2. The van der Waals surface area contributed by atoms with Gasteiger partial charge >= 0.3 is 0 Å². The molecule has 0 fully saturated rings. The number of hydrogen-bond donors (Lipinski definition) is 0. The smallest absolute Gasteiger partial charge is 0.162 e. The highest BCUT2D eigenvalue weighted by atomic mass is 16.5. The molecule has 88 valence electrons. The molecule has 0 saturated carbocycles. The zero-order chi connectivity index (χ0) is 11.8. The Hall–Kier alpha value is -1.15. The van der Waals surface area contributed by atoms with Crippen molar-refractivity contribution in [3.8, 4) is 0 Å². The number of aryl methyl sites for hydroxylation is 1. The molecule has 0 saturated heterocycles. The van der Waals surface area contributed by atoms with Crippen molar-refractivity contribution in [2.75, 3.05) is 13.7 Å². The number of carbonyl (C=O) groups excluding carboxylic acids is 1. The summed E-state index contributed by atoms with van der Waals surface area (Å²) in [4.78, 5) is 11.8. The molecule has 0 atom stereocenters. The van der Waals surface area contributed by atoms with E-state index in [1.165, 1.54) is 5.56 Å². The summed E-state index contributed by atoms with van der Waals surface area (Å²) in [5.41, 5.74) is 2.09. The maximum atomic E-state index is 11.8. The van der Waals surface area contributed by atoms with Gasteiger partial charge in [-0.2, -0.15) is 0 Å². The van der Waals surface area contributed by atoms with Crippen molar-refractivity contribution in [1.82, 2.24) is 0 Å². The van der Waals surface area contributed by atoms with Crippen molar-refractivity contribution >= 4 is 5.78 Å². The normalized spacial score (nSPS) is 10.4. The summed E-state index contributed by atoms with van der Waals surface area (Å²) in [6.07, 6.45) is 3.53. The van der Waals surface area contributed by atoms with Gasteiger partial charge < -0.3 is 4.74 Å². The Labute approximate surface area is 97.6 Å². The lowest BCUT2D eigenvalue weighted by Crippen LogP contribution is -2.02. The van der Waals surface area contributed by atoms with Gasteiger partial charge in [-0.15, -0.1) is 0 Å². The molecular formula is C14H20O2. The van der Waals surface area contributed by atoms with E-state index in [9.17, 15) is 4.79 Å². The monoisotopic (exact) mass is 220 g/mol. The van der Waals surface area contributed by atoms with Crippen molar-refractivity contribution in [2.45, 2.75) is 32.6 Å². The summed E-state index contributed by atoms with van der Waals surface area (Å²) < 4.78 is 4.94. The van der Waals surface area contributed by atoms with E-state index in [2.05, 4.69) is 13.0 Å². The largest absolute Gasteiger partial charge is 0.385 e. The average molecular weight is 220 g/mol.